The molecule has 35 heavy (non-hydrogen) atoms. The summed E-state index contributed by atoms with van der Waals surface area (Å²) < 4.78 is 6.97. The Labute approximate surface area is 205 Å². The molecular formula is C26H35N5O4. The summed E-state index contributed by atoms with van der Waals surface area (Å²) in [7, 11) is 1.60. The zero-order valence-electron chi connectivity index (χ0n) is 21.1. The van der Waals surface area contributed by atoms with Gasteiger partial charge in [0.15, 0.2) is 0 Å². The molecule has 3 aromatic rings. The second kappa shape index (κ2) is 11.7. The molecule has 3 N–H and O–H groups in total. The number of aromatic amines is 1. The molecule has 2 heterocycles. The van der Waals surface area contributed by atoms with Gasteiger partial charge in [-0.2, -0.15) is 0 Å². The van der Waals surface area contributed by atoms with Gasteiger partial charge in [-0.05, 0) is 30.4 Å². The Balaban J connectivity index is 1.73. The van der Waals surface area contributed by atoms with Crippen LogP contribution >= 0.6 is 0 Å². The summed E-state index contributed by atoms with van der Waals surface area (Å²) in [5, 5.41) is 5.59. The summed E-state index contributed by atoms with van der Waals surface area (Å²) in [4.78, 5) is 46.4. The Bertz CT molecular complexity index is 1240. The number of nitrogens with one attached hydrogen (secondary N) is 3. The van der Waals surface area contributed by atoms with Crippen molar-refractivity contribution >= 4 is 22.8 Å². The number of hydrogen-bond acceptors (Lipinski definition) is 5. The number of carbonyl (C=O) groups excluding carboxylic acids is 2. The Hall–Kier alpha value is -3.62. The van der Waals surface area contributed by atoms with Gasteiger partial charge in [0.05, 0.1) is 18.1 Å². The molecule has 9 nitrogen and oxygen atoms in total. The standard InChI is InChI=1S/C26H35N5O4/c1-16(2)8-10-27-25(33)19-14-31(13-17(3)4)15-20(24(19)32)26(34)28-11-9-23-29-21-7-6-18(35-5)12-22(21)30-23/h6-7,12,14-17H,8-11,13H2,1-5H3,(H,27,33)(H,28,34)(H,29,30). The van der Waals surface area contributed by atoms with E-state index in [-0.39, 0.29) is 23.6 Å². The summed E-state index contributed by atoms with van der Waals surface area (Å²) >= 11 is 0. The number of aromatic nitrogens is 3. The number of imidazole rings is 1. The minimum atomic E-state index is -0.569. The van der Waals surface area contributed by atoms with Gasteiger partial charge in [0, 0.05) is 44.5 Å². The first-order valence-corrected chi connectivity index (χ1v) is 12.0. The lowest BCUT2D eigenvalue weighted by molar-refractivity contribution is 0.0949. The van der Waals surface area contributed by atoms with Crippen LogP contribution in [-0.4, -0.2) is 46.5 Å². The van der Waals surface area contributed by atoms with E-state index in [1.165, 1.54) is 12.4 Å². The number of H-pyrrole nitrogens is 1. The number of carbonyl (C=O) groups is 2. The van der Waals surface area contributed by atoms with E-state index in [0.29, 0.717) is 31.3 Å². The molecule has 2 aromatic heterocycles. The molecule has 0 radical (unpaired) electrons. The van der Waals surface area contributed by atoms with Crippen molar-refractivity contribution in [3.63, 3.8) is 0 Å². The Morgan fingerprint density at radius 2 is 1.69 bits per heavy atom. The number of rotatable bonds is 11. The van der Waals surface area contributed by atoms with Gasteiger partial charge in [-0.15, -0.1) is 0 Å². The fraction of sp³-hybridized carbons (Fsp3) is 0.462. The van der Waals surface area contributed by atoms with Crippen LogP contribution < -0.4 is 20.8 Å². The van der Waals surface area contributed by atoms with Gasteiger partial charge in [-0.25, -0.2) is 4.98 Å². The highest BCUT2D eigenvalue weighted by atomic mass is 16.5. The highest BCUT2D eigenvalue weighted by molar-refractivity contribution is 5.99. The van der Waals surface area contributed by atoms with Crippen molar-refractivity contribution in [2.75, 3.05) is 20.2 Å². The first-order chi connectivity index (χ1) is 16.7. The van der Waals surface area contributed by atoms with Crippen LogP contribution in [0.2, 0.25) is 0 Å². The lowest BCUT2D eigenvalue weighted by Crippen LogP contribution is -2.36. The maximum atomic E-state index is 13.0. The SMILES string of the molecule is COc1ccc2nc(CCNC(=O)c3cn(CC(C)C)cc(C(=O)NCCC(C)C)c3=O)[nH]c2c1. The lowest BCUT2D eigenvalue weighted by Gasteiger charge is -2.14. The average Bonchev–Trinajstić information content (AvgIpc) is 3.21. The van der Waals surface area contributed by atoms with Crippen molar-refractivity contribution < 1.29 is 14.3 Å². The third kappa shape index (κ3) is 6.94. The van der Waals surface area contributed by atoms with Gasteiger partial charge in [0.25, 0.3) is 11.8 Å². The van der Waals surface area contributed by atoms with E-state index in [1.54, 1.807) is 11.7 Å². The fourth-order valence-electron chi connectivity index (χ4n) is 3.73. The highest BCUT2D eigenvalue weighted by Gasteiger charge is 2.19. The maximum absolute atomic E-state index is 13.0. The Kier molecular flexibility index (Phi) is 8.68. The number of ether oxygens (including phenoxy) is 1. The van der Waals surface area contributed by atoms with Crippen molar-refractivity contribution in [1.29, 1.82) is 0 Å². The molecule has 9 heteroatoms. The molecule has 0 fully saturated rings. The summed E-state index contributed by atoms with van der Waals surface area (Å²) in [6.45, 7) is 9.52. The van der Waals surface area contributed by atoms with Gasteiger partial charge >= 0.3 is 0 Å². The number of pyridine rings is 1. The van der Waals surface area contributed by atoms with Crippen LogP contribution in [0.5, 0.6) is 5.75 Å². The molecular weight excluding hydrogens is 446 g/mol. The predicted octanol–water partition coefficient (Wildman–Crippen LogP) is 3.14. The topological polar surface area (TPSA) is 118 Å². The molecule has 2 amide bonds. The summed E-state index contributed by atoms with van der Waals surface area (Å²) in [5.41, 5.74) is 1.02. The monoisotopic (exact) mass is 481 g/mol. The zero-order chi connectivity index (χ0) is 25.5. The Morgan fingerprint density at radius 3 is 2.29 bits per heavy atom. The highest BCUT2D eigenvalue weighted by Crippen LogP contribution is 2.18. The van der Waals surface area contributed by atoms with Crippen LogP contribution in [0.15, 0.2) is 35.4 Å². The van der Waals surface area contributed by atoms with Gasteiger partial charge in [0.1, 0.15) is 22.7 Å². The molecule has 0 aliphatic rings. The lowest BCUT2D eigenvalue weighted by atomic mass is 10.1. The minimum absolute atomic E-state index is 0.0201. The number of methoxy groups -OCH3 is 1. The molecule has 0 unspecified atom stereocenters. The summed E-state index contributed by atoms with van der Waals surface area (Å²) in [5.74, 6) is 1.18. The molecule has 0 spiro atoms. The minimum Gasteiger partial charge on any atom is -0.497 e. The number of nitrogens with zero attached hydrogens (tertiary/aromatic N) is 2. The van der Waals surface area contributed by atoms with Crippen molar-refractivity contribution in [3.05, 3.63) is 57.8 Å². The van der Waals surface area contributed by atoms with Crippen molar-refractivity contribution in [2.45, 2.75) is 47.1 Å². The van der Waals surface area contributed by atoms with E-state index in [4.69, 9.17) is 4.74 Å². The predicted molar refractivity (Wildman–Crippen MR) is 136 cm³/mol. The van der Waals surface area contributed by atoms with Crippen LogP contribution in [0.3, 0.4) is 0 Å². The van der Waals surface area contributed by atoms with Gasteiger partial charge < -0.3 is 24.9 Å². The molecule has 0 bridgehead atoms. The first kappa shape index (κ1) is 26.0. The van der Waals surface area contributed by atoms with Crippen molar-refractivity contribution in [3.8, 4) is 5.75 Å². The van der Waals surface area contributed by atoms with Gasteiger partial charge in [0.2, 0.25) is 5.43 Å². The molecule has 1 aromatic carbocycles. The van der Waals surface area contributed by atoms with E-state index in [0.717, 1.165) is 23.2 Å². The average molecular weight is 482 g/mol. The largest absolute Gasteiger partial charge is 0.497 e. The Morgan fingerprint density at radius 1 is 1.03 bits per heavy atom. The normalized spacial score (nSPS) is 11.3. The van der Waals surface area contributed by atoms with Crippen LogP contribution in [0, 0.1) is 11.8 Å². The van der Waals surface area contributed by atoms with E-state index in [1.807, 2.05) is 32.0 Å². The summed E-state index contributed by atoms with van der Waals surface area (Å²) in [6.07, 6.45) is 4.32. The van der Waals surface area contributed by atoms with Crippen molar-refractivity contribution in [1.82, 2.24) is 25.2 Å². The summed E-state index contributed by atoms with van der Waals surface area (Å²) in [6, 6.07) is 5.56. The van der Waals surface area contributed by atoms with Crippen LogP contribution in [-0.2, 0) is 13.0 Å². The van der Waals surface area contributed by atoms with Crippen LogP contribution in [0.4, 0.5) is 0 Å². The number of amides is 2. The second-order valence-electron chi connectivity index (χ2n) is 9.52. The molecule has 0 aliphatic heterocycles. The van der Waals surface area contributed by atoms with Crippen LogP contribution in [0.1, 0.15) is 60.7 Å². The first-order valence-electron chi connectivity index (χ1n) is 12.0. The van der Waals surface area contributed by atoms with E-state index >= 15 is 0 Å². The van der Waals surface area contributed by atoms with Crippen LogP contribution in [0.25, 0.3) is 11.0 Å². The third-order valence-electron chi connectivity index (χ3n) is 5.54. The van der Waals surface area contributed by atoms with E-state index in [2.05, 4.69) is 34.4 Å². The second-order valence-corrected chi connectivity index (χ2v) is 9.52. The molecule has 0 saturated heterocycles. The van der Waals surface area contributed by atoms with E-state index < -0.39 is 17.2 Å². The van der Waals surface area contributed by atoms with Crippen molar-refractivity contribution in [2.24, 2.45) is 11.8 Å². The zero-order valence-corrected chi connectivity index (χ0v) is 21.1. The number of benzene rings is 1. The number of hydrogen-bond donors (Lipinski definition) is 3. The molecule has 0 aliphatic carbocycles. The molecule has 0 atom stereocenters. The molecule has 3 rings (SSSR count). The number of fused-ring (bicyclic) bond motifs is 1. The smallest absolute Gasteiger partial charge is 0.256 e. The third-order valence-corrected chi connectivity index (χ3v) is 5.54. The fourth-order valence-corrected chi connectivity index (χ4v) is 3.73. The van der Waals surface area contributed by atoms with E-state index in [9.17, 15) is 14.4 Å². The molecule has 0 saturated carbocycles. The maximum Gasteiger partial charge on any atom is 0.256 e. The van der Waals surface area contributed by atoms with Gasteiger partial charge in [-0.3, -0.25) is 14.4 Å². The van der Waals surface area contributed by atoms with Gasteiger partial charge in [-0.1, -0.05) is 27.7 Å². The molecule has 188 valence electrons. The quantitative estimate of drug-likeness (QED) is 0.389.